The lowest BCUT2D eigenvalue weighted by atomic mass is 10.0. The number of carbonyl (C=O) groups is 2. The second-order valence-corrected chi connectivity index (χ2v) is 10.6. The molecule has 0 bridgehead atoms. The second kappa shape index (κ2) is 9.94. The number of ether oxygens (including phenoxy) is 1. The molecule has 1 N–H and O–H groups in total. The molecule has 9 heteroatoms. The fourth-order valence-electron chi connectivity index (χ4n) is 5.69. The van der Waals surface area contributed by atoms with E-state index < -0.39 is 12.2 Å². The first-order chi connectivity index (χ1) is 18.4. The van der Waals surface area contributed by atoms with Crippen LogP contribution in [0.5, 0.6) is 11.5 Å². The summed E-state index contributed by atoms with van der Waals surface area (Å²) in [7, 11) is 1.75. The highest BCUT2D eigenvalue weighted by atomic mass is 35.5. The molecule has 8 nitrogen and oxygen atoms in total. The van der Waals surface area contributed by atoms with Crippen molar-refractivity contribution in [1.29, 1.82) is 0 Å². The van der Waals surface area contributed by atoms with Gasteiger partial charge in [-0.2, -0.15) is 0 Å². The number of amides is 3. The topological polar surface area (TPSA) is 68.4 Å². The maximum absolute atomic E-state index is 13.8. The zero-order valence-corrected chi connectivity index (χ0v) is 22.1. The van der Waals surface area contributed by atoms with Crippen LogP contribution in [0, 0.1) is 5.92 Å². The molecule has 6 rings (SSSR count). The van der Waals surface area contributed by atoms with Gasteiger partial charge < -0.3 is 14.5 Å². The molecule has 3 heterocycles. The molecule has 196 valence electrons. The van der Waals surface area contributed by atoms with E-state index in [0.29, 0.717) is 10.9 Å². The van der Waals surface area contributed by atoms with Crippen LogP contribution in [-0.2, 0) is 11.3 Å². The number of anilines is 1. The maximum atomic E-state index is 13.8. The number of imide groups is 1. The Balaban J connectivity index is 1.25. The van der Waals surface area contributed by atoms with Crippen LogP contribution < -0.4 is 15.0 Å². The van der Waals surface area contributed by atoms with Crippen molar-refractivity contribution in [2.24, 2.45) is 5.92 Å². The lowest BCUT2D eigenvalue weighted by molar-refractivity contribution is -0.139. The molecule has 3 aliphatic heterocycles. The number of para-hydroxylation sites is 1. The van der Waals surface area contributed by atoms with E-state index in [1.165, 1.54) is 4.90 Å². The highest BCUT2D eigenvalue weighted by molar-refractivity contribution is 6.31. The Morgan fingerprint density at radius 3 is 2.34 bits per heavy atom. The predicted octanol–water partition coefficient (Wildman–Crippen LogP) is 4.57. The third-order valence-corrected chi connectivity index (χ3v) is 7.89. The number of hydrogen-bond donors (Lipinski definition) is 1. The summed E-state index contributed by atoms with van der Waals surface area (Å²) in [5.74, 6) is 1.66. The molecule has 3 fully saturated rings. The molecular weight excluding hydrogens is 502 g/mol. The summed E-state index contributed by atoms with van der Waals surface area (Å²) < 4.78 is 5.97. The van der Waals surface area contributed by atoms with E-state index in [2.05, 4.69) is 22.0 Å². The van der Waals surface area contributed by atoms with Gasteiger partial charge in [0, 0.05) is 30.8 Å². The van der Waals surface area contributed by atoms with Crippen molar-refractivity contribution in [3.05, 3.63) is 89.4 Å². The number of rotatable bonds is 5. The van der Waals surface area contributed by atoms with E-state index >= 15 is 0 Å². The average molecular weight is 532 g/mol. The van der Waals surface area contributed by atoms with Gasteiger partial charge in [0.1, 0.15) is 30.0 Å². The fraction of sp³-hybridized carbons (Fsp3) is 0.310. The Bertz CT molecular complexity index is 1340. The van der Waals surface area contributed by atoms with Crippen LogP contribution in [0.1, 0.15) is 12.5 Å². The molecule has 4 unspecified atom stereocenters. The minimum absolute atomic E-state index is 0.144. The molecule has 0 spiro atoms. The monoisotopic (exact) mass is 531 g/mol. The molecule has 38 heavy (non-hydrogen) atoms. The first-order valence-electron chi connectivity index (χ1n) is 12.8. The minimum atomic E-state index is -0.490. The summed E-state index contributed by atoms with van der Waals surface area (Å²) in [6.45, 7) is 3.90. The average Bonchev–Trinajstić information content (AvgIpc) is 3.31. The van der Waals surface area contributed by atoms with Gasteiger partial charge in [-0.05, 0) is 53.9 Å². The van der Waals surface area contributed by atoms with Crippen LogP contribution in [0.2, 0.25) is 5.02 Å². The zero-order chi connectivity index (χ0) is 26.4. The quantitative estimate of drug-likeness (QED) is 0.520. The van der Waals surface area contributed by atoms with Crippen molar-refractivity contribution in [2.45, 2.75) is 32.0 Å². The van der Waals surface area contributed by atoms with Crippen molar-refractivity contribution in [2.75, 3.05) is 25.0 Å². The molecule has 3 saturated heterocycles. The number of urea groups is 1. The first-order valence-corrected chi connectivity index (χ1v) is 13.2. The number of benzene rings is 3. The van der Waals surface area contributed by atoms with Gasteiger partial charge in [0.15, 0.2) is 0 Å². The van der Waals surface area contributed by atoms with Crippen molar-refractivity contribution < 1.29 is 14.3 Å². The minimum Gasteiger partial charge on any atom is -0.457 e. The van der Waals surface area contributed by atoms with Gasteiger partial charge >= 0.3 is 6.03 Å². The number of nitrogens with zero attached hydrogens (tertiary/aromatic N) is 4. The molecular formula is C29H30ClN5O3. The smallest absolute Gasteiger partial charge is 0.328 e. The molecule has 0 radical (unpaired) electrons. The summed E-state index contributed by atoms with van der Waals surface area (Å²) in [5.41, 5.74) is 1.77. The van der Waals surface area contributed by atoms with E-state index in [-0.39, 0.29) is 24.8 Å². The molecule has 0 aromatic heterocycles. The van der Waals surface area contributed by atoms with Crippen molar-refractivity contribution in [3.8, 4) is 11.5 Å². The maximum Gasteiger partial charge on any atom is 0.328 e. The number of carbonyl (C=O) groups excluding carboxylic acids is 2. The van der Waals surface area contributed by atoms with E-state index in [1.54, 1.807) is 18.0 Å². The van der Waals surface area contributed by atoms with Crippen LogP contribution in [0.25, 0.3) is 0 Å². The second-order valence-electron chi connectivity index (χ2n) is 10.2. The molecule has 4 atom stereocenters. The summed E-state index contributed by atoms with van der Waals surface area (Å²) in [6, 6.07) is 24.2. The Kier molecular flexibility index (Phi) is 6.47. The largest absolute Gasteiger partial charge is 0.457 e. The van der Waals surface area contributed by atoms with Gasteiger partial charge in [-0.15, -0.1) is 0 Å². The summed E-state index contributed by atoms with van der Waals surface area (Å²) >= 11 is 6.36. The van der Waals surface area contributed by atoms with Gasteiger partial charge in [-0.25, -0.2) is 4.79 Å². The molecule has 3 amide bonds. The molecule has 3 aromatic carbocycles. The lowest BCUT2D eigenvalue weighted by Crippen LogP contribution is -2.66. The number of hydrogen-bond acceptors (Lipinski definition) is 6. The molecule has 0 saturated carbocycles. The van der Waals surface area contributed by atoms with Gasteiger partial charge in [-0.1, -0.05) is 54.9 Å². The Labute approximate surface area is 227 Å². The van der Waals surface area contributed by atoms with Gasteiger partial charge in [-0.3, -0.25) is 19.9 Å². The number of nitrogens with one attached hydrogen (secondary N) is 1. The molecule has 0 aliphatic carbocycles. The highest BCUT2D eigenvalue weighted by Crippen LogP contribution is 2.36. The number of fused-ring (bicyclic) bond motifs is 3. The van der Waals surface area contributed by atoms with Gasteiger partial charge in [0.25, 0.3) is 5.91 Å². The molecule has 3 aliphatic rings. The van der Waals surface area contributed by atoms with Crippen molar-refractivity contribution in [1.82, 2.24) is 20.0 Å². The standard InChI is InChI=1S/C29H30ClN5O3/c1-19-16-33(21-12-14-23(15-13-21)38-22-9-4-3-5-10-22)28-31-26-25(34(28)17-19)27(36)35(29(37)32(26)2)18-20-8-6-7-11-24(20)30/h3-15,19,25-26,28,31H,16-18H2,1-2H3. The van der Waals surface area contributed by atoms with Crippen LogP contribution in [0.15, 0.2) is 78.9 Å². The first kappa shape index (κ1) is 24.7. The zero-order valence-electron chi connectivity index (χ0n) is 21.3. The van der Waals surface area contributed by atoms with Crippen LogP contribution in [0.4, 0.5) is 10.5 Å². The van der Waals surface area contributed by atoms with E-state index in [0.717, 1.165) is 35.8 Å². The third-order valence-electron chi connectivity index (χ3n) is 7.52. The predicted molar refractivity (Wildman–Crippen MR) is 146 cm³/mol. The van der Waals surface area contributed by atoms with Crippen LogP contribution in [-0.4, -0.2) is 65.3 Å². The fourth-order valence-corrected chi connectivity index (χ4v) is 5.89. The Hall–Kier alpha value is -3.59. The van der Waals surface area contributed by atoms with Crippen LogP contribution in [0.3, 0.4) is 0 Å². The summed E-state index contributed by atoms with van der Waals surface area (Å²) in [5, 5.41) is 4.12. The Morgan fingerprint density at radius 2 is 1.61 bits per heavy atom. The lowest BCUT2D eigenvalue weighted by Gasteiger charge is -2.46. The van der Waals surface area contributed by atoms with Crippen molar-refractivity contribution >= 4 is 29.2 Å². The van der Waals surface area contributed by atoms with E-state index in [4.69, 9.17) is 16.3 Å². The highest BCUT2D eigenvalue weighted by Gasteiger charge is 2.56. The Morgan fingerprint density at radius 1 is 0.921 bits per heavy atom. The van der Waals surface area contributed by atoms with E-state index in [9.17, 15) is 9.59 Å². The van der Waals surface area contributed by atoms with E-state index in [1.807, 2.05) is 72.8 Å². The third kappa shape index (κ3) is 4.38. The number of likely N-dealkylation sites (N-methyl/N-ethyl adjacent to an activating group) is 1. The summed E-state index contributed by atoms with van der Waals surface area (Å²) in [4.78, 5) is 34.5. The SMILES string of the molecule is CC1CN(c2ccc(Oc3ccccc3)cc2)C2NC3C(C(=O)N(Cc4ccccc4Cl)C(=O)N3C)N2C1. The van der Waals surface area contributed by atoms with Crippen LogP contribution >= 0.6 is 11.6 Å². The van der Waals surface area contributed by atoms with Crippen molar-refractivity contribution in [3.63, 3.8) is 0 Å². The number of halogens is 1. The van der Waals surface area contributed by atoms with Gasteiger partial charge in [0.2, 0.25) is 0 Å². The normalized spacial score (nSPS) is 25.4. The summed E-state index contributed by atoms with van der Waals surface area (Å²) in [6.07, 6.45) is -0.641. The molecule has 3 aromatic rings. The van der Waals surface area contributed by atoms with Gasteiger partial charge in [0.05, 0.1) is 6.54 Å².